The minimum atomic E-state index is -0.755. The average Bonchev–Trinajstić information content (AvgIpc) is 3.26. The molecule has 0 aliphatic carbocycles. The predicted octanol–water partition coefficient (Wildman–Crippen LogP) is 1.51. The van der Waals surface area contributed by atoms with Crippen molar-refractivity contribution in [1.29, 1.82) is 0 Å². The van der Waals surface area contributed by atoms with Crippen molar-refractivity contribution in [3.63, 3.8) is 0 Å². The van der Waals surface area contributed by atoms with Gasteiger partial charge in [0.25, 0.3) is 11.5 Å². The molecule has 170 valence electrons. The van der Waals surface area contributed by atoms with Crippen molar-refractivity contribution in [3.05, 3.63) is 57.1 Å². The molecular formula is C21H26N6O5. The lowest BCUT2D eigenvalue weighted by Gasteiger charge is -2.24. The van der Waals surface area contributed by atoms with Gasteiger partial charge in [0.1, 0.15) is 5.82 Å². The fraction of sp³-hybridized carbons (Fsp3) is 0.381. The number of ether oxygens (including phenoxy) is 1. The topological polar surface area (TPSA) is 149 Å². The number of anilines is 2. The fourth-order valence-electron chi connectivity index (χ4n) is 3.23. The molecule has 0 aromatic carbocycles. The summed E-state index contributed by atoms with van der Waals surface area (Å²) in [5.74, 6) is -0.241. The lowest BCUT2D eigenvalue weighted by molar-refractivity contribution is 0.0974. The van der Waals surface area contributed by atoms with E-state index >= 15 is 0 Å². The van der Waals surface area contributed by atoms with E-state index in [4.69, 9.17) is 15.0 Å². The number of nitrogens with one attached hydrogen (secondary N) is 1. The quantitative estimate of drug-likeness (QED) is 0.474. The van der Waals surface area contributed by atoms with Gasteiger partial charge in [-0.2, -0.15) is 0 Å². The summed E-state index contributed by atoms with van der Waals surface area (Å²) in [6.45, 7) is 4.58. The molecule has 0 aliphatic heterocycles. The number of H-pyrrole nitrogens is 1. The third kappa shape index (κ3) is 4.94. The number of nitrogens with two attached hydrogens (primary N) is 1. The van der Waals surface area contributed by atoms with Crippen LogP contribution in [0.25, 0.3) is 11.3 Å². The third-order valence-electron chi connectivity index (χ3n) is 4.68. The summed E-state index contributed by atoms with van der Waals surface area (Å²) in [5.41, 5.74) is 5.35. The highest BCUT2D eigenvalue weighted by atomic mass is 16.5. The molecule has 3 aromatic heterocycles. The van der Waals surface area contributed by atoms with E-state index in [1.165, 1.54) is 22.6 Å². The van der Waals surface area contributed by atoms with E-state index in [0.29, 0.717) is 24.4 Å². The maximum Gasteiger partial charge on any atom is 0.330 e. The Labute approximate surface area is 183 Å². The van der Waals surface area contributed by atoms with Crippen molar-refractivity contribution in [3.8, 4) is 11.3 Å². The highest BCUT2D eigenvalue weighted by Gasteiger charge is 2.27. The molecule has 3 aromatic rings. The number of pyridine rings is 1. The van der Waals surface area contributed by atoms with Crippen LogP contribution in [0.15, 0.2) is 44.7 Å². The first-order valence-corrected chi connectivity index (χ1v) is 10.1. The zero-order valence-corrected chi connectivity index (χ0v) is 18.2. The first kappa shape index (κ1) is 22.9. The van der Waals surface area contributed by atoms with Crippen LogP contribution in [0.4, 0.5) is 11.5 Å². The summed E-state index contributed by atoms with van der Waals surface area (Å²) in [6, 6.07) is 4.97. The number of rotatable bonds is 9. The minimum absolute atomic E-state index is 0.0123. The van der Waals surface area contributed by atoms with Crippen LogP contribution in [-0.2, 0) is 11.3 Å². The normalized spacial score (nSPS) is 11.1. The molecule has 0 bridgehead atoms. The van der Waals surface area contributed by atoms with Crippen molar-refractivity contribution in [1.82, 2.24) is 19.7 Å². The first-order valence-electron chi connectivity index (χ1n) is 10.1. The molecule has 0 unspecified atom stereocenters. The number of nitrogen functional groups attached to an aromatic ring is 1. The van der Waals surface area contributed by atoms with E-state index in [1.54, 1.807) is 24.5 Å². The second kappa shape index (κ2) is 10.1. The molecule has 0 spiro atoms. The van der Waals surface area contributed by atoms with Gasteiger partial charge < -0.3 is 15.0 Å². The van der Waals surface area contributed by atoms with E-state index in [2.05, 4.69) is 15.1 Å². The number of carbonyl (C=O) groups excluding carboxylic acids is 1. The summed E-state index contributed by atoms with van der Waals surface area (Å²) in [4.78, 5) is 45.9. The molecule has 1 amide bonds. The van der Waals surface area contributed by atoms with Crippen LogP contribution in [0.3, 0.4) is 0 Å². The standard InChI is InChI=1S/C21H26N6O5/c1-13(2)12-27-18(22)17(19(28)24-21(27)30)26(8-5-9-31-3)20(29)15-10-16(32-25-15)14-6-4-7-23-11-14/h4,6-7,10-11,13H,5,8-9,12,22H2,1-3H3,(H,24,28,30). The van der Waals surface area contributed by atoms with Gasteiger partial charge in [-0.25, -0.2) is 4.79 Å². The Kier molecular flexibility index (Phi) is 7.21. The van der Waals surface area contributed by atoms with E-state index < -0.39 is 17.2 Å². The monoisotopic (exact) mass is 442 g/mol. The minimum Gasteiger partial charge on any atom is -0.385 e. The third-order valence-corrected chi connectivity index (χ3v) is 4.68. The Morgan fingerprint density at radius 1 is 1.38 bits per heavy atom. The number of carbonyl (C=O) groups is 1. The van der Waals surface area contributed by atoms with E-state index in [-0.39, 0.29) is 36.2 Å². The van der Waals surface area contributed by atoms with Gasteiger partial charge in [0.15, 0.2) is 17.1 Å². The zero-order valence-electron chi connectivity index (χ0n) is 18.2. The molecule has 32 heavy (non-hydrogen) atoms. The van der Waals surface area contributed by atoms with Crippen molar-refractivity contribution in [2.45, 2.75) is 26.8 Å². The van der Waals surface area contributed by atoms with Gasteiger partial charge in [-0.3, -0.25) is 29.0 Å². The van der Waals surface area contributed by atoms with Crippen molar-refractivity contribution in [2.75, 3.05) is 30.9 Å². The second-order valence-corrected chi connectivity index (χ2v) is 7.62. The highest BCUT2D eigenvalue weighted by molar-refractivity contribution is 6.06. The van der Waals surface area contributed by atoms with Gasteiger partial charge >= 0.3 is 5.69 Å². The summed E-state index contributed by atoms with van der Waals surface area (Å²) in [5, 5.41) is 3.87. The highest BCUT2D eigenvalue weighted by Crippen LogP contribution is 2.23. The van der Waals surface area contributed by atoms with E-state index in [9.17, 15) is 14.4 Å². The van der Waals surface area contributed by atoms with Crippen LogP contribution in [0.1, 0.15) is 30.8 Å². The summed E-state index contributed by atoms with van der Waals surface area (Å²) < 4.78 is 11.6. The Hall–Kier alpha value is -3.73. The van der Waals surface area contributed by atoms with Gasteiger partial charge in [0.05, 0.1) is 0 Å². The number of hydrogen-bond acceptors (Lipinski definition) is 8. The number of hydrogen-bond donors (Lipinski definition) is 2. The number of nitrogens with zero attached hydrogens (tertiary/aromatic N) is 4. The molecule has 0 radical (unpaired) electrons. The summed E-state index contributed by atoms with van der Waals surface area (Å²) in [6.07, 6.45) is 3.62. The SMILES string of the molecule is COCCCN(C(=O)c1cc(-c2cccnc2)on1)c1c(N)n(CC(C)C)c(=O)[nH]c1=O. The van der Waals surface area contributed by atoms with Crippen molar-refractivity contribution < 1.29 is 14.1 Å². The summed E-state index contributed by atoms with van der Waals surface area (Å²) in [7, 11) is 1.54. The lowest BCUT2D eigenvalue weighted by Crippen LogP contribution is -2.42. The van der Waals surface area contributed by atoms with Crippen LogP contribution in [0, 0.1) is 5.92 Å². The molecule has 0 aliphatic rings. The van der Waals surface area contributed by atoms with Crippen molar-refractivity contribution in [2.24, 2.45) is 5.92 Å². The molecule has 0 fully saturated rings. The molecule has 3 N–H and O–H groups in total. The number of methoxy groups -OCH3 is 1. The molecule has 3 heterocycles. The maximum atomic E-state index is 13.4. The first-order chi connectivity index (χ1) is 15.3. The molecule has 3 rings (SSSR count). The van der Waals surface area contributed by atoms with Gasteiger partial charge in [-0.1, -0.05) is 19.0 Å². The lowest BCUT2D eigenvalue weighted by atomic mass is 10.2. The predicted molar refractivity (Wildman–Crippen MR) is 118 cm³/mol. The molecule has 11 nitrogen and oxygen atoms in total. The number of amides is 1. The van der Waals surface area contributed by atoms with Crippen LogP contribution in [0.2, 0.25) is 0 Å². The number of aromatic nitrogens is 4. The maximum absolute atomic E-state index is 13.4. The van der Waals surface area contributed by atoms with Gasteiger partial charge in [-0.15, -0.1) is 0 Å². The Morgan fingerprint density at radius 3 is 2.81 bits per heavy atom. The molecule has 0 atom stereocenters. The average molecular weight is 442 g/mol. The molecule has 0 saturated carbocycles. The van der Waals surface area contributed by atoms with Crippen LogP contribution >= 0.6 is 0 Å². The van der Waals surface area contributed by atoms with Crippen LogP contribution in [0.5, 0.6) is 0 Å². The zero-order chi connectivity index (χ0) is 23.3. The second-order valence-electron chi connectivity index (χ2n) is 7.62. The van der Waals surface area contributed by atoms with Gasteiger partial charge in [0, 0.05) is 50.8 Å². The largest absolute Gasteiger partial charge is 0.385 e. The fourth-order valence-corrected chi connectivity index (χ4v) is 3.23. The molecule has 0 saturated heterocycles. The van der Waals surface area contributed by atoms with Crippen LogP contribution in [-0.4, -0.2) is 45.9 Å². The van der Waals surface area contributed by atoms with Crippen molar-refractivity contribution >= 4 is 17.4 Å². The van der Waals surface area contributed by atoms with Gasteiger partial charge in [-0.05, 0) is 24.5 Å². The van der Waals surface area contributed by atoms with E-state index in [0.717, 1.165) is 0 Å². The molecule has 11 heteroatoms. The molecular weight excluding hydrogens is 416 g/mol. The van der Waals surface area contributed by atoms with Crippen LogP contribution < -0.4 is 21.9 Å². The van der Waals surface area contributed by atoms with Gasteiger partial charge in [0.2, 0.25) is 0 Å². The smallest absolute Gasteiger partial charge is 0.330 e. The Morgan fingerprint density at radius 2 is 2.16 bits per heavy atom. The summed E-state index contributed by atoms with van der Waals surface area (Å²) >= 11 is 0. The number of aromatic amines is 1. The Bertz CT molecular complexity index is 1180. The van der Waals surface area contributed by atoms with E-state index in [1.807, 2.05) is 13.8 Å². The Balaban J connectivity index is 2.04.